The van der Waals surface area contributed by atoms with E-state index in [0.29, 0.717) is 12.5 Å². The quantitative estimate of drug-likeness (QED) is 0.821. The summed E-state index contributed by atoms with van der Waals surface area (Å²) in [5.74, 6) is 0.600. The van der Waals surface area contributed by atoms with E-state index in [-0.39, 0.29) is 17.9 Å². The predicted octanol–water partition coefficient (Wildman–Crippen LogP) is 3.18. The van der Waals surface area contributed by atoms with Crippen LogP contribution in [0.5, 0.6) is 0 Å². The van der Waals surface area contributed by atoms with Crippen LogP contribution in [0.15, 0.2) is 36.4 Å². The molecule has 0 N–H and O–H groups in total. The molecule has 0 radical (unpaired) electrons. The number of rotatable bonds is 2. The van der Waals surface area contributed by atoms with Crippen molar-refractivity contribution in [1.82, 2.24) is 14.4 Å². The number of para-hydroxylation sites is 1. The van der Waals surface area contributed by atoms with Gasteiger partial charge in [0, 0.05) is 49.7 Å². The second-order valence-corrected chi connectivity index (χ2v) is 7.93. The maximum Gasteiger partial charge on any atom is 0.256 e. The molecular formula is C22H27N3O2. The SMILES string of the molecule is CC(=O)N1C[C@H]2CC[C@@H](C1)N(C(=O)c1cc(C)n(-c3ccccc3)c1C)C2. The second-order valence-electron chi connectivity index (χ2n) is 7.93. The van der Waals surface area contributed by atoms with Crippen molar-refractivity contribution >= 4 is 11.8 Å². The highest BCUT2D eigenvalue weighted by molar-refractivity contribution is 5.96. The fourth-order valence-corrected chi connectivity index (χ4v) is 4.70. The highest BCUT2D eigenvalue weighted by Gasteiger charge is 2.38. The molecule has 2 bridgehead atoms. The van der Waals surface area contributed by atoms with Gasteiger partial charge in [0.05, 0.1) is 5.56 Å². The fourth-order valence-electron chi connectivity index (χ4n) is 4.70. The van der Waals surface area contributed by atoms with Crippen LogP contribution in [0.2, 0.25) is 0 Å². The lowest BCUT2D eigenvalue weighted by atomic mass is 9.94. The summed E-state index contributed by atoms with van der Waals surface area (Å²) in [6, 6.07) is 12.3. The molecule has 3 aliphatic heterocycles. The van der Waals surface area contributed by atoms with E-state index in [1.165, 1.54) is 0 Å². The molecule has 5 nitrogen and oxygen atoms in total. The van der Waals surface area contributed by atoms with Crippen LogP contribution in [-0.4, -0.2) is 51.9 Å². The maximum absolute atomic E-state index is 13.4. The minimum atomic E-state index is 0.102. The maximum atomic E-state index is 13.4. The van der Waals surface area contributed by atoms with Gasteiger partial charge in [0.15, 0.2) is 0 Å². The normalized spacial score (nSPS) is 22.0. The van der Waals surface area contributed by atoms with Crippen molar-refractivity contribution in [2.75, 3.05) is 19.6 Å². The van der Waals surface area contributed by atoms with Crippen molar-refractivity contribution < 1.29 is 9.59 Å². The van der Waals surface area contributed by atoms with Crippen LogP contribution < -0.4 is 0 Å². The van der Waals surface area contributed by atoms with Gasteiger partial charge in [-0.05, 0) is 50.8 Å². The molecule has 5 rings (SSSR count). The van der Waals surface area contributed by atoms with Crippen molar-refractivity contribution in [3.05, 3.63) is 53.3 Å². The Labute approximate surface area is 160 Å². The Morgan fingerprint density at radius 1 is 1.00 bits per heavy atom. The number of aromatic nitrogens is 1. The number of benzene rings is 1. The number of piperidine rings is 1. The number of aryl methyl sites for hydroxylation is 1. The van der Waals surface area contributed by atoms with Crippen LogP contribution in [0.25, 0.3) is 5.69 Å². The molecule has 3 fully saturated rings. The summed E-state index contributed by atoms with van der Waals surface area (Å²) in [6.45, 7) is 7.88. The van der Waals surface area contributed by atoms with Gasteiger partial charge in [-0.1, -0.05) is 18.2 Å². The van der Waals surface area contributed by atoms with Crippen LogP contribution in [0, 0.1) is 19.8 Å². The van der Waals surface area contributed by atoms with Crippen molar-refractivity contribution in [1.29, 1.82) is 0 Å². The van der Waals surface area contributed by atoms with Gasteiger partial charge in [-0.15, -0.1) is 0 Å². The molecule has 2 aromatic rings. The molecule has 2 atom stereocenters. The molecule has 2 amide bonds. The second kappa shape index (κ2) is 6.87. The van der Waals surface area contributed by atoms with Crippen LogP contribution in [0.4, 0.5) is 0 Å². The number of hydrogen-bond donors (Lipinski definition) is 0. The van der Waals surface area contributed by atoms with Gasteiger partial charge < -0.3 is 14.4 Å². The molecule has 0 saturated carbocycles. The summed E-state index contributed by atoms with van der Waals surface area (Å²) < 4.78 is 2.14. The first-order valence-electron chi connectivity index (χ1n) is 9.76. The third-order valence-electron chi connectivity index (χ3n) is 6.10. The topological polar surface area (TPSA) is 45.6 Å². The zero-order valence-corrected chi connectivity index (χ0v) is 16.3. The number of nitrogens with zero attached hydrogens (tertiary/aromatic N) is 3. The van der Waals surface area contributed by atoms with Crippen molar-refractivity contribution in [3.8, 4) is 5.69 Å². The van der Waals surface area contributed by atoms with E-state index in [1.54, 1.807) is 6.92 Å². The number of carbonyl (C=O) groups excluding carboxylic acids is 2. The van der Waals surface area contributed by atoms with Crippen molar-refractivity contribution in [3.63, 3.8) is 0 Å². The minimum Gasteiger partial charge on any atom is -0.341 e. The molecule has 0 spiro atoms. The van der Waals surface area contributed by atoms with E-state index < -0.39 is 0 Å². The Morgan fingerprint density at radius 3 is 2.44 bits per heavy atom. The van der Waals surface area contributed by atoms with Crippen LogP contribution >= 0.6 is 0 Å². The van der Waals surface area contributed by atoms with Gasteiger partial charge in [0.25, 0.3) is 5.91 Å². The molecule has 27 heavy (non-hydrogen) atoms. The average Bonchev–Trinajstić information content (AvgIpc) is 2.84. The first kappa shape index (κ1) is 17.8. The van der Waals surface area contributed by atoms with Crippen molar-refractivity contribution in [2.45, 2.75) is 39.7 Å². The Morgan fingerprint density at radius 2 is 1.74 bits per heavy atom. The lowest BCUT2D eigenvalue weighted by Gasteiger charge is -2.36. The zero-order valence-electron chi connectivity index (χ0n) is 16.3. The molecule has 142 valence electrons. The Kier molecular flexibility index (Phi) is 4.54. The number of amides is 2. The number of hydrogen-bond acceptors (Lipinski definition) is 2. The van der Waals surface area contributed by atoms with E-state index in [1.807, 2.05) is 47.9 Å². The monoisotopic (exact) mass is 365 g/mol. The van der Waals surface area contributed by atoms with E-state index in [0.717, 1.165) is 48.6 Å². The standard InChI is InChI=1S/C22H27N3O2/c1-15-11-21(16(2)25(15)19-7-5-4-6-8-19)22(27)24-13-18-9-10-20(24)14-23(12-18)17(3)26/h4-8,11,18,20H,9-10,12-14H2,1-3H3/t18-,20+/m1/s1. The third-order valence-corrected chi connectivity index (χ3v) is 6.10. The summed E-state index contributed by atoms with van der Waals surface area (Å²) in [5, 5.41) is 0. The van der Waals surface area contributed by atoms with Gasteiger partial charge >= 0.3 is 0 Å². The molecular weight excluding hydrogens is 338 g/mol. The summed E-state index contributed by atoms with van der Waals surface area (Å²) >= 11 is 0. The smallest absolute Gasteiger partial charge is 0.256 e. The molecule has 3 saturated heterocycles. The summed E-state index contributed by atoms with van der Waals surface area (Å²) in [7, 11) is 0. The van der Waals surface area contributed by atoms with Crippen LogP contribution in [0.1, 0.15) is 41.5 Å². The minimum absolute atomic E-state index is 0.102. The Balaban J connectivity index is 1.65. The van der Waals surface area contributed by atoms with Gasteiger partial charge in [-0.3, -0.25) is 9.59 Å². The number of carbonyl (C=O) groups is 2. The fraction of sp³-hybridized carbons (Fsp3) is 0.455. The molecule has 3 aliphatic rings. The highest BCUT2D eigenvalue weighted by Crippen LogP contribution is 2.31. The first-order valence-corrected chi connectivity index (χ1v) is 9.76. The van der Waals surface area contributed by atoms with Gasteiger partial charge in [-0.25, -0.2) is 0 Å². The van der Waals surface area contributed by atoms with Crippen molar-refractivity contribution in [2.24, 2.45) is 5.92 Å². The van der Waals surface area contributed by atoms with Crippen LogP contribution in [0.3, 0.4) is 0 Å². The molecule has 5 heteroatoms. The Bertz CT molecular complexity index is 871. The third kappa shape index (κ3) is 3.15. The lowest BCUT2D eigenvalue weighted by Crippen LogP contribution is -2.47. The Hall–Kier alpha value is -2.56. The van der Waals surface area contributed by atoms with E-state index in [4.69, 9.17) is 0 Å². The lowest BCUT2D eigenvalue weighted by molar-refractivity contribution is -0.129. The number of fused-ring (bicyclic) bond motifs is 4. The van der Waals surface area contributed by atoms with E-state index in [9.17, 15) is 9.59 Å². The molecule has 0 unspecified atom stereocenters. The summed E-state index contributed by atoms with van der Waals surface area (Å²) in [5.41, 5.74) is 3.89. The molecule has 1 aromatic heterocycles. The first-order chi connectivity index (χ1) is 13.0. The predicted molar refractivity (Wildman–Crippen MR) is 105 cm³/mol. The van der Waals surface area contributed by atoms with Crippen LogP contribution in [-0.2, 0) is 4.79 Å². The largest absolute Gasteiger partial charge is 0.341 e. The summed E-state index contributed by atoms with van der Waals surface area (Å²) in [4.78, 5) is 29.3. The van der Waals surface area contributed by atoms with Gasteiger partial charge in [-0.2, -0.15) is 0 Å². The summed E-state index contributed by atoms with van der Waals surface area (Å²) in [6.07, 6.45) is 2.08. The molecule has 0 aliphatic carbocycles. The zero-order chi connectivity index (χ0) is 19.1. The van der Waals surface area contributed by atoms with Gasteiger partial charge in [0.2, 0.25) is 5.91 Å². The van der Waals surface area contributed by atoms with E-state index in [2.05, 4.69) is 16.7 Å². The van der Waals surface area contributed by atoms with Gasteiger partial charge in [0.1, 0.15) is 0 Å². The average molecular weight is 365 g/mol. The highest BCUT2D eigenvalue weighted by atomic mass is 16.2. The molecule has 4 heterocycles. The van der Waals surface area contributed by atoms with E-state index >= 15 is 0 Å². The molecule has 1 aromatic carbocycles.